The molecule has 0 radical (unpaired) electrons. The molecule has 144 valence electrons. The highest BCUT2D eigenvalue weighted by atomic mass is 19.1. The molecule has 1 aliphatic rings. The van der Waals surface area contributed by atoms with Crippen LogP contribution in [0.1, 0.15) is 12.0 Å². The maximum atomic E-state index is 13.9. The molecule has 3 rings (SSSR count). The molecule has 0 aromatic heterocycles. The van der Waals surface area contributed by atoms with Crippen molar-refractivity contribution in [2.45, 2.75) is 13.0 Å². The number of anilines is 1. The van der Waals surface area contributed by atoms with E-state index < -0.39 is 0 Å². The molecule has 0 unspecified atom stereocenters. The molecule has 5 nitrogen and oxygen atoms in total. The zero-order valence-corrected chi connectivity index (χ0v) is 15.7. The number of ether oxygens (including phenoxy) is 1. The number of piperazine rings is 1. The fourth-order valence-corrected chi connectivity index (χ4v) is 3.33. The zero-order chi connectivity index (χ0) is 19.1. The van der Waals surface area contributed by atoms with Gasteiger partial charge in [-0.05, 0) is 18.2 Å². The Morgan fingerprint density at radius 1 is 1.07 bits per heavy atom. The minimum absolute atomic E-state index is 0.135. The van der Waals surface area contributed by atoms with Crippen molar-refractivity contribution < 1.29 is 13.9 Å². The third-order valence-corrected chi connectivity index (χ3v) is 4.85. The maximum absolute atomic E-state index is 13.9. The highest BCUT2D eigenvalue weighted by Crippen LogP contribution is 2.20. The summed E-state index contributed by atoms with van der Waals surface area (Å²) in [5, 5.41) is 3.30. The Bertz CT molecular complexity index is 761. The number of methoxy groups -OCH3 is 1. The summed E-state index contributed by atoms with van der Waals surface area (Å²) in [6.07, 6.45) is 0.453. The number of benzene rings is 2. The zero-order valence-electron chi connectivity index (χ0n) is 15.7. The van der Waals surface area contributed by atoms with Gasteiger partial charge in [-0.25, -0.2) is 4.39 Å². The van der Waals surface area contributed by atoms with Crippen molar-refractivity contribution in [1.82, 2.24) is 10.2 Å². The Morgan fingerprint density at radius 3 is 2.52 bits per heavy atom. The summed E-state index contributed by atoms with van der Waals surface area (Å²) in [6, 6.07) is 14.6. The van der Waals surface area contributed by atoms with Gasteiger partial charge in [0, 0.05) is 51.3 Å². The number of amides is 1. The van der Waals surface area contributed by atoms with E-state index in [0.29, 0.717) is 51.4 Å². The molecule has 0 spiro atoms. The molecule has 27 heavy (non-hydrogen) atoms. The van der Waals surface area contributed by atoms with Crippen molar-refractivity contribution in [2.24, 2.45) is 0 Å². The summed E-state index contributed by atoms with van der Waals surface area (Å²) >= 11 is 0. The second kappa shape index (κ2) is 9.37. The molecule has 1 fully saturated rings. The topological polar surface area (TPSA) is 44.8 Å². The molecular weight excluding hydrogens is 345 g/mol. The monoisotopic (exact) mass is 371 g/mol. The lowest BCUT2D eigenvalue weighted by atomic mass is 10.2. The van der Waals surface area contributed by atoms with Gasteiger partial charge in [-0.1, -0.05) is 30.3 Å². The van der Waals surface area contributed by atoms with Crippen LogP contribution in [0.25, 0.3) is 0 Å². The van der Waals surface area contributed by atoms with Gasteiger partial charge in [0.2, 0.25) is 5.91 Å². The van der Waals surface area contributed by atoms with E-state index in [0.717, 1.165) is 11.3 Å². The van der Waals surface area contributed by atoms with Crippen molar-refractivity contribution in [1.29, 1.82) is 0 Å². The fraction of sp³-hybridized carbons (Fsp3) is 0.381. The van der Waals surface area contributed by atoms with E-state index in [1.165, 1.54) is 6.07 Å². The smallest absolute Gasteiger partial charge is 0.223 e. The Kier molecular flexibility index (Phi) is 6.65. The highest BCUT2D eigenvalue weighted by Gasteiger charge is 2.22. The second-order valence-electron chi connectivity index (χ2n) is 6.56. The molecule has 1 aliphatic heterocycles. The Morgan fingerprint density at radius 2 is 1.78 bits per heavy atom. The number of rotatable bonds is 7. The molecule has 1 heterocycles. The number of carbonyl (C=O) groups excluding carboxylic acids is 1. The van der Waals surface area contributed by atoms with Crippen LogP contribution in [0.15, 0.2) is 48.5 Å². The average molecular weight is 371 g/mol. The van der Waals surface area contributed by atoms with Crippen molar-refractivity contribution in [3.63, 3.8) is 0 Å². The first-order chi connectivity index (χ1) is 13.2. The number of hydrogen-bond donors (Lipinski definition) is 1. The number of carbonyl (C=O) groups is 1. The van der Waals surface area contributed by atoms with Crippen LogP contribution in [0.2, 0.25) is 0 Å². The molecule has 1 amide bonds. The molecule has 1 N–H and O–H groups in total. The van der Waals surface area contributed by atoms with Gasteiger partial charge in [-0.15, -0.1) is 0 Å². The molecule has 0 aliphatic carbocycles. The largest absolute Gasteiger partial charge is 0.496 e. The van der Waals surface area contributed by atoms with Gasteiger partial charge in [0.25, 0.3) is 0 Å². The van der Waals surface area contributed by atoms with Crippen LogP contribution in [0, 0.1) is 5.82 Å². The molecule has 0 saturated carbocycles. The van der Waals surface area contributed by atoms with Gasteiger partial charge in [-0.3, -0.25) is 4.79 Å². The molecule has 2 aromatic rings. The van der Waals surface area contributed by atoms with Crippen LogP contribution in [0.5, 0.6) is 5.75 Å². The summed E-state index contributed by atoms with van der Waals surface area (Å²) in [5.41, 5.74) is 1.69. The molecule has 1 saturated heterocycles. The predicted octanol–water partition coefficient (Wildman–Crippen LogP) is 2.66. The summed E-state index contributed by atoms with van der Waals surface area (Å²) < 4.78 is 19.2. The molecule has 0 bridgehead atoms. The van der Waals surface area contributed by atoms with Gasteiger partial charge in [0.05, 0.1) is 12.8 Å². The molecule has 0 atom stereocenters. The summed E-state index contributed by atoms with van der Waals surface area (Å²) in [6.45, 7) is 3.84. The van der Waals surface area contributed by atoms with Crippen LogP contribution in [0.3, 0.4) is 0 Å². The van der Waals surface area contributed by atoms with Crippen molar-refractivity contribution in [2.75, 3.05) is 44.7 Å². The maximum Gasteiger partial charge on any atom is 0.223 e. The van der Waals surface area contributed by atoms with Crippen molar-refractivity contribution >= 4 is 11.6 Å². The van der Waals surface area contributed by atoms with Gasteiger partial charge < -0.3 is 19.9 Å². The van der Waals surface area contributed by atoms with Crippen molar-refractivity contribution in [3.05, 3.63) is 59.9 Å². The first-order valence-electron chi connectivity index (χ1n) is 9.29. The lowest BCUT2D eigenvalue weighted by Gasteiger charge is -2.36. The normalized spacial score (nSPS) is 14.3. The first kappa shape index (κ1) is 19.2. The Hall–Kier alpha value is -2.60. The van der Waals surface area contributed by atoms with E-state index in [2.05, 4.69) is 5.32 Å². The van der Waals surface area contributed by atoms with E-state index >= 15 is 0 Å². The number of nitrogens with one attached hydrogen (secondary N) is 1. The Labute approximate surface area is 159 Å². The van der Waals surface area contributed by atoms with Gasteiger partial charge >= 0.3 is 0 Å². The van der Waals surface area contributed by atoms with Crippen LogP contribution < -0.4 is 15.0 Å². The van der Waals surface area contributed by atoms with Crippen LogP contribution in [-0.4, -0.2) is 50.6 Å². The Balaban J connectivity index is 1.40. The van der Waals surface area contributed by atoms with Crippen molar-refractivity contribution in [3.8, 4) is 5.75 Å². The number of para-hydroxylation sites is 2. The van der Waals surface area contributed by atoms with Crippen LogP contribution in [0.4, 0.5) is 10.1 Å². The molecule has 2 aromatic carbocycles. The van der Waals surface area contributed by atoms with Crippen LogP contribution in [-0.2, 0) is 11.3 Å². The lowest BCUT2D eigenvalue weighted by Crippen LogP contribution is -2.49. The number of hydrogen-bond acceptors (Lipinski definition) is 4. The average Bonchev–Trinajstić information content (AvgIpc) is 2.72. The number of nitrogens with zero attached hydrogens (tertiary/aromatic N) is 2. The fourth-order valence-electron chi connectivity index (χ4n) is 3.33. The predicted molar refractivity (Wildman–Crippen MR) is 105 cm³/mol. The second-order valence-corrected chi connectivity index (χ2v) is 6.56. The van der Waals surface area contributed by atoms with E-state index in [1.54, 1.807) is 19.2 Å². The standard InChI is InChI=1S/C21H26FN3O2/c1-27-20-9-5-2-6-17(20)16-23-11-10-21(26)25-14-12-24(13-15-25)19-8-4-3-7-18(19)22/h2-9,23H,10-16H2,1H3. The minimum atomic E-state index is -0.210. The molecule has 6 heteroatoms. The minimum Gasteiger partial charge on any atom is -0.496 e. The van der Waals surface area contributed by atoms with E-state index in [1.807, 2.05) is 40.1 Å². The summed E-state index contributed by atoms with van der Waals surface area (Å²) in [4.78, 5) is 16.3. The summed E-state index contributed by atoms with van der Waals surface area (Å²) in [5.74, 6) is 0.772. The van der Waals surface area contributed by atoms with E-state index in [4.69, 9.17) is 4.74 Å². The highest BCUT2D eigenvalue weighted by molar-refractivity contribution is 5.76. The van der Waals surface area contributed by atoms with Gasteiger partial charge in [0.15, 0.2) is 0 Å². The third-order valence-electron chi connectivity index (χ3n) is 4.85. The quantitative estimate of drug-likeness (QED) is 0.760. The van der Waals surface area contributed by atoms with Gasteiger partial charge in [0.1, 0.15) is 11.6 Å². The van der Waals surface area contributed by atoms with E-state index in [-0.39, 0.29) is 11.7 Å². The molecular formula is C21H26FN3O2. The first-order valence-corrected chi connectivity index (χ1v) is 9.29. The van der Waals surface area contributed by atoms with E-state index in [9.17, 15) is 9.18 Å². The summed E-state index contributed by atoms with van der Waals surface area (Å²) in [7, 11) is 1.66. The van der Waals surface area contributed by atoms with Gasteiger partial charge in [-0.2, -0.15) is 0 Å². The SMILES string of the molecule is COc1ccccc1CNCCC(=O)N1CCN(c2ccccc2F)CC1. The van der Waals surface area contributed by atoms with Crippen LogP contribution >= 0.6 is 0 Å². The third kappa shape index (κ3) is 4.98. The lowest BCUT2D eigenvalue weighted by molar-refractivity contribution is -0.131. The number of halogens is 1.